The molecule has 0 aliphatic heterocycles. The fourth-order valence-corrected chi connectivity index (χ4v) is 7.25. The molecule has 0 saturated heterocycles. The highest BCUT2D eigenvalue weighted by Crippen LogP contribution is 2.39. The Hall–Kier alpha value is -5.94. The molecule has 0 radical (unpaired) electrons. The van der Waals surface area contributed by atoms with Gasteiger partial charge in [-0.1, -0.05) is 93.1 Å². The summed E-state index contributed by atoms with van der Waals surface area (Å²) < 4.78 is 10.9. The number of nitrogens with zero attached hydrogens (tertiary/aromatic N) is 4. The summed E-state index contributed by atoms with van der Waals surface area (Å²) in [5.41, 5.74) is 12.5. The molecule has 3 aromatic heterocycles. The molecule has 0 spiro atoms. The van der Waals surface area contributed by atoms with Gasteiger partial charge in [-0.3, -0.25) is 4.57 Å². The molecule has 0 unspecified atom stereocenters. The fourth-order valence-electron chi connectivity index (χ4n) is 7.25. The smallest absolute Gasteiger partial charge is 0.137 e. The number of pyridine rings is 1. The molecular weight excluding hydrogens is 613 g/mol. The van der Waals surface area contributed by atoms with Gasteiger partial charge in [0.15, 0.2) is 0 Å². The maximum Gasteiger partial charge on any atom is 0.137 e. The first-order valence-electron chi connectivity index (χ1n) is 17.2. The quantitative estimate of drug-likeness (QED) is 0.180. The third-order valence-electron chi connectivity index (χ3n) is 9.55. The first-order valence-corrected chi connectivity index (χ1v) is 17.2. The monoisotopic (exact) mass is 652 g/mol. The summed E-state index contributed by atoms with van der Waals surface area (Å²) in [6, 6.07) is 42.3. The summed E-state index contributed by atoms with van der Waals surface area (Å²) >= 11 is 0. The van der Waals surface area contributed by atoms with Crippen LogP contribution in [0.25, 0.3) is 55.7 Å². The summed E-state index contributed by atoms with van der Waals surface area (Å²) in [6.07, 6.45) is 3.89. The van der Waals surface area contributed by atoms with E-state index >= 15 is 0 Å². The highest BCUT2D eigenvalue weighted by atomic mass is 16.5. The molecule has 8 rings (SSSR count). The Bertz CT molecular complexity index is 2510. The van der Waals surface area contributed by atoms with E-state index in [0.29, 0.717) is 0 Å². The minimum absolute atomic E-state index is 0.00286. The van der Waals surface area contributed by atoms with Crippen molar-refractivity contribution in [3.05, 3.63) is 156 Å². The van der Waals surface area contributed by atoms with Crippen LogP contribution in [-0.2, 0) is 5.41 Å². The summed E-state index contributed by atoms with van der Waals surface area (Å²) in [6.45, 7) is 13.2. The Morgan fingerprint density at radius 3 is 2.14 bits per heavy atom. The molecule has 0 aliphatic carbocycles. The van der Waals surface area contributed by atoms with Gasteiger partial charge < -0.3 is 4.74 Å². The number of ether oxygens (including phenoxy) is 1. The summed E-state index contributed by atoms with van der Waals surface area (Å²) in [5, 5.41) is 7.31. The average molecular weight is 653 g/mol. The van der Waals surface area contributed by atoms with Crippen LogP contribution in [0.5, 0.6) is 11.5 Å². The van der Waals surface area contributed by atoms with Gasteiger partial charge in [-0.25, -0.2) is 9.67 Å². The molecule has 3 heterocycles. The van der Waals surface area contributed by atoms with E-state index in [1.165, 1.54) is 33.2 Å². The Kier molecular flexibility index (Phi) is 7.64. The van der Waals surface area contributed by atoms with Gasteiger partial charge >= 0.3 is 0 Å². The molecule has 5 nitrogen and oxygen atoms in total. The van der Waals surface area contributed by atoms with E-state index < -0.39 is 0 Å². The van der Waals surface area contributed by atoms with Crippen molar-refractivity contribution < 1.29 is 4.74 Å². The van der Waals surface area contributed by atoms with Crippen LogP contribution in [0.2, 0.25) is 0 Å². The third-order valence-corrected chi connectivity index (χ3v) is 9.55. The molecule has 0 aliphatic rings. The second kappa shape index (κ2) is 12.2. The van der Waals surface area contributed by atoms with Crippen molar-refractivity contribution >= 4 is 21.8 Å². The van der Waals surface area contributed by atoms with E-state index in [1.54, 1.807) is 0 Å². The van der Waals surface area contributed by atoms with Crippen molar-refractivity contribution in [3.63, 3.8) is 0 Å². The number of aromatic nitrogens is 4. The van der Waals surface area contributed by atoms with E-state index in [2.05, 4.69) is 154 Å². The SMILES string of the molecule is Cc1cc(C)c(-c2c(-c3ccccc3)cnn2-c2cccc(Oc3ccc4c5ccccc5n(-c5cc(C(C)(C)C)ccn5)c4c3)c2)c(C)c1. The first-order chi connectivity index (χ1) is 24.2. The molecule has 5 heteroatoms. The molecule has 0 fully saturated rings. The molecule has 5 aromatic carbocycles. The minimum atomic E-state index is 0.00286. The predicted octanol–water partition coefficient (Wildman–Crippen LogP) is 11.7. The highest BCUT2D eigenvalue weighted by molar-refractivity contribution is 6.09. The van der Waals surface area contributed by atoms with Gasteiger partial charge in [0.1, 0.15) is 17.3 Å². The first kappa shape index (κ1) is 31.3. The molecule has 0 atom stereocenters. The van der Waals surface area contributed by atoms with E-state index in [4.69, 9.17) is 14.8 Å². The summed E-state index contributed by atoms with van der Waals surface area (Å²) in [5.74, 6) is 2.38. The van der Waals surface area contributed by atoms with Crippen molar-refractivity contribution in [1.82, 2.24) is 19.3 Å². The van der Waals surface area contributed by atoms with Crippen LogP contribution in [0, 0.1) is 20.8 Å². The van der Waals surface area contributed by atoms with Crippen LogP contribution in [-0.4, -0.2) is 19.3 Å². The number of rotatable bonds is 6. The van der Waals surface area contributed by atoms with E-state index in [9.17, 15) is 0 Å². The predicted molar refractivity (Wildman–Crippen MR) is 206 cm³/mol. The molecule has 0 saturated carbocycles. The number of hydrogen-bond acceptors (Lipinski definition) is 3. The topological polar surface area (TPSA) is 44.9 Å². The Labute approximate surface area is 293 Å². The average Bonchev–Trinajstić information content (AvgIpc) is 3.68. The zero-order chi connectivity index (χ0) is 34.6. The van der Waals surface area contributed by atoms with Crippen LogP contribution < -0.4 is 4.74 Å². The van der Waals surface area contributed by atoms with Gasteiger partial charge in [0.2, 0.25) is 0 Å². The lowest BCUT2D eigenvalue weighted by atomic mass is 9.88. The third kappa shape index (κ3) is 5.55. The molecule has 0 bridgehead atoms. The fraction of sp³-hybridized carbons (Fsp3) is 0.156. The van der Waals surface area contributed by atoms with E-state index in [0.717, 1.165) is 56.2 Å². The van der Waals surface area contributed by atoms with Crippen molar-refractivity contribution in [1.29, 1.82) is 0 Å². The van der Waals surface area contributed by atoms with Crippen LogP contribution in [0.4, 0.5) is 0 Å². The van der Waals surface area contributed by atoms with Gasteiger partial charge in [-0.05, 0) is 90.9 Å². The molecule has 0 amide bonds. The van der Waals surface area contributed by atoms with Gasteiger partial charge in [0.05, 0.1) is 28.6 Å². The molecule has 8 aromatic rings. The lowest BCUT2D eigenvalue weighted by molar-refractivity contribution is 0.483. The number of fused-ring (bicyclic) bond motifs is 3. The van der Waals surface area contributed by atoms with Gasteiger partial charge in [0, 0.05) is 40.2 Å². The molecule has 246 valence electrons. The zero-order valence-electron chi connectivity index (χ0n) is 29.4. The largest absolute Gasteiger partial charge is 0.457 e. The zero-order valence-corrected chi connectivity index (χ0v) is 29.4. The lowest BCUT2D eigenvalue weighted by Crippen LogP contribution is -2.12. The minimum Gasteiger partial charge on any atom is -0.457 e. The van der Waals surface area contributed by atoms with Crippen molar-refractivity contribution in [3.8, 4) is 45.4 Å². The maximum atomic E-state index is 6.64. The van der Waals surface area contributed by atoms with Gasteiger partial charge in [-0.2, -0.15) is 5.10 Å². The number of benzene rings is 5. The van der Waals surface area contributed by atoms with Crippen molar-refractivity contribution in [2.75, 3.05) is 0 Å². The Morgan fingerprint density at radius 1 is 0.640 bits per heavy atom. The normalized spacial score (nSPS) is 11.8. The summed E-state index contributed by atoms with van der Waals surface area (Å²) in [4.78, 5) is 4.84. The lowest BCUT2D eigenvalue weighted by Gasteiger charge is -2.20. The van der Waals surface area contributed by atoms with Crippen molar-refractivity contribution in [2.24, 2.45) is 0 Å². The van der Waals surface area contributed by atoms with Crippen LogP contribution in [0.1, 0.15) is 43.0 Å². The molecule has 0 N–H and O–H groups in total. The highest BCUT2D eigenvalue weighted by Gasteiger charge is 2.21. The number of hydrogen-bond donors (Lipinski definition) is 0. The standard InChI is InChI=1S/C45H40N4O/c1-29-23-30(2)43(31(3)24-29)44-39(32-13-8-7-9-14-32)28-47-49(44)34-15-12-16-35(26-34)50-36-19-20-38-37-17-10-11-18-40(37)48(41(38)27-36)42-25-33(21-22-46-42)45(4,5)6/h7-28H,1-6H3. The van der Waals surface area contributed by atoms with E-state index in [1.807, 2.05) is 30.6 Å². The Balaban J connectivity index is 1.23. The maximum absolute atomic E-state index is 6.64. The van der Waals surface area contributed by atoms with Crippen molar-refractivity contribution in [2.45, 2.75) is 47.0 Å². The van der Waals surface area contributed by atoms with Crippen LogP contribution >= 0.6 is 0 Å². The number of para-hydroxylation sites is 1. The second-order valence-electron chi connectivity index (χ2n) is 14.2. The van der Waals surface area contributed by atoms with Crippen LogP contribution in [0.15, 0.2) is 134 Å². The summed E-state index contributed by atoms with van der Waals surface area (Å²) in [7, 11) is 0. The molecule has 50 heavy (non-hydrogen) atoms. The van der Waals surface area contributed by atoms with Crippen LogP contribution in [0.3, 0.4) is 0 Å². The van der Waals surface area contributed by atoms with E-state index in [-0.39, 0.29) is 5.41 Å². The Morgan fingerprint density at radius 2 is 1.36 bits per heavy atom. The van der Waals surface area contributed by atoms with Gasteiger partial charge in [-0.15, -0.1) is 0 Å². The second-order valence-corrected chi connectivity index (χ2v) is 14.2. The molecular formula is C45H40N4O. The van der Waals surface area contributed by atoms with Gasteiger partial charge in [0.25, 0.3) is 0 Å². The number of aryl methyl sites for hydroxylation is 3.